The van der Waals surface area contributed by atoms with Crippen molar-refractivity contribution in [3.63, 3.8) is 0 Å². The molecule has 132 valence electrons. The van der Waals surface area contributed by atoms with E-state index in [1.165, 1.54) is 0 Å². The van der Waals surface area contributed by atoms with Crippen LogP contribution in [0.1, 0.15) is 27.2 Å². The first-order chi connectivity index (χ1) is 9.68. The Hall–Kier alpha value is -0.910. The van der Waals surface area contributed by atoms with Gasteiger partial charge in [-0.05, 0) is 27.2 Å². The fourth-order valence-corrected chi connectivity index (χ4v) is 2.03. The van der Waals surface area contributed by atoms with E-state index < -0.39 is 38.0 Å². The predicted molar refractivity (Wildman–Crippen MR) is 79.4 cm³/mol. The van der Waals surface area contributed by atoms with Gasteiger partial charge < -0.3 is 10.1 Å². The molecule has 1 atom stereocenters. The van der Waals surface area contributed by atoms with Crippen LogP contribution in [-0.4, -0.2) is 60.3 Å². The second-order valence-corrected chi connectivity index (χ2v) is 8.93. The molecule has 1 N–H and O–H groups in total. The maximum Gasteiger partial charge on any atom is 0.407 e. The smallest absolute Gasteiger partial charge is 0.407 e. The Kier molecular flexibility index (Phi) is 7.75. The molecule has 0 aliphatic carbocycles. The van der Waals surface area contributed by atoms with E-state index in [0.717, 1.165) is 12.5 Å². The molecule has 0 aromatic rings. The molecule has 1 unspecified atom stereocenters. The van der Waals surface area contributed by atoms with E-state index in [0.29, 0.717) is 0 Å². The molecule has 11 heteroatoms. The van der Waals surface area contributed by atoms with Crippen molar-refractivity contribution in [2.24, 2.45) is 0 Å². The lowest BCUT2D eigenvalue weighted by Crippen LogP contribution is -2.42. The summed E-state index contributed by atoms with van der Waals surface area (Å²) in [5, 5.41) is 2.41. The van der Waals surface area contributed by atoms with Crippen LogP contribution >= 0.6 is 0 Å². The monoisotopic (exact) mass is 361 g/mol. The predicted octanol–water partition coefficient (Wildman–Crippen LogP) is 0.222. The highest BCUT2D eigenvalue weighted by atomic mass is 32.2. The van der Waals surface area contributed by atoms with Crippen LogP contribution in [0.5, 0.6) is 0 Å². The summed E-state index contributed by atoms with van der Waals surface area (Å²) in [5.41, 5.74) is -0.727. The van der Waals surface area contributed by atoms with Crippen molar-refractivity contribution >= 4 is 26.3 Å². The summed E-state index contributed by atoms with van der Waals surface area (Å²) < 4.78 is 57.9. The van der Waals surface area contributed by atoms with Crippen LogP contribution in [0.2, 0.25) is 0 Å². The molecule has 0 bridgehead atoms. The van der Waals surface area contributed by atoms with Crippen LogP contribution in [0.3, 0.4) is 0 Å². The number of carbonyl (C=O) groups is 1. The third-order valence-corrected chi connectivity index (χ3v) is 3.13. The highest BCUT2D eigenvalue weighted by molar-refractivity contribution is 7.86. The largest absolute Gasteiger partial charge is 0.444 e. The Labute approximate surface area is 131 Å². The van der Waals surface area contributed by atoms with E-state index >= 15 is 0 Å². The molecule has 0 spiro atoms. The first-order valence-electron chi connectivity index (χ1n) is 6.36. The second kappa shape index (κ2) is 8.09. The Balaban J connectivity index is 4.61. The first kappa shape index (κ1) is 21.1. The summed E-state index contributed by atoms with van der Waals surface area (Å²) in [6.07, 6.45) is 1.01. The molecule has 22 heavy (non-hydrogen) atoms. The first-order valence-corrected chi connectivity index (χ1v) is 9.99. The van der Waals surface area contributed by atoms with Crippen LogP contribution in [0.4, 0.5) is 4.79 Å². The summed E-state index contributed by atoms with van der Waals surface area (Å²) in [6, 6.07) is -0.786. The van der Waals surface area contributed by atoms with Crippen LogP contribution in [0, 0.1) is 0 Å². The maximum atomic E-state index is 11.7. The number of nitrogens with one attached hydrogen (secondary N) is 1. The van der Waals surface area contributed by atoms with Crippen LogP contribution in [0.15, 0.2) is 0 Å². The van der Waals surface area contributed by atoms with Gasteiger partial charge in [0.05, 0.1) is 31.8 Å². The molecule has 0 aliphatic rings. The number of hydrogen-bond donors (Lipinski definition) is 1. The van der Waals surface area contributed by atoms with E-state index in [4.69, 9.17) is 4.74 Å². The molecule has 0 aromatic carbocycles. The van der Waals surface area contributed by atoms with Gasteiger partial charge in [0.2, 0.25) is 0 Å². The summed E-state index contributed by atoms with van der Waals surface area (Å²) >= 11 is 0. The lowest BCUT2D eigenvalue weighted by Gasteiger charge is -2.23. The average Bonchev–Trinajstić information content (AvgIpc) is 2.19. The Morgan fingerprint density at radius 1 is 1.05 bits per heavy atom. The highest BCUT2D eigenvalue weighted by Gasteiger charge is 2.21. The molecular formula is C11H23NO8S2. The molecule has 0 saturated carbocycles. The number of ether oxygens (including phenoxy) is 1. The zero-order valence-electron chi connectivity index (χ0n) is 13.3. The summed E-state index contributed by atoms with van der Waals surface area (Å²) in [4.78, 5) is 11.7. The molecule has 0 aromatic heterocycles. The minimum absolute atomic E-state index is 0.0296. The molecule has 9 nitrogen and oxygen atoms in total. The Morgan fingerprint density at radius 3 is 1.95 bits per heavy atom. The zero-order valence-corrected chi connectivity index (χ0v) is 14.9. The van der Waals surface area contributed by atoms with Crippen molar-refractivity contribution in [1.82, 2.24) is 5.32 Å². The Morgan fingerprint density at radius 2 is 1.55 bits per heavy atom. The minimum Gasteiger partial charge on any atom is -0.444 e. The number of carbonyl (C=O) groups excluding carboxylic acids is 1. The topological polar surface area (TPSA) is 125 Å². The number of amides is 1. The molecule has 0 saturated heterocycles. The van der Waals surface area contributed by atoms with Crippen LogP contribution < -0.4 is 5.32 Å². The number of rotatable bonds is 8. The van der Waals surface area contributed by atoms with Gasteiger partial charge in [0.1, 0.15) is 5.60 Å². The Bertz CT molecular complexity index is 561. The second-order valence-electron chi connectivity index (χ2n) is 5.65. The van der Waals surface area contributed by atoms with Gasteiger partial charge in [0, 0.05) is 0 Å². The van der Waals surface area contributed by atoms with Crippen LogP contribution in [-0.2, 0) is 33.3 Å². The van der Waals surface area contributed by atoms with Gasteiger partial charge in [-0.15, -0.1) is 0 Å². The average molecular weight is 361 g/mol. The van der Waals surface area contributed by atoms with E-state index in [1.54, 1.807) is 20.8 Å². The summed E-state index contributed by atoms with van der Waals surface area (Å²) in [5.74, 6) is 0. The summed E-state index contributed by atoms with van der Waals surface area (Å²) in [7, 11) is -7.32. The fourth-order valence-electron chi connectivity index (χ4n) is 1.22. The quantitative estimate of drug-likeness (QED) is 0.609. The van der Waals surface area contributed by atoms with Gasteiger partial charge in [-0.25, -0.2) is 4.79 Å². The van der Waals surface area contributed by atoms with Gasteiger partial charge in [-0.3, -0.25) is 8.37 Å². The van der Waals surface area contributed by atoms with Crippen LogP contribution in [0.25, 0.3) is 0 Å². The maximum absolute atomic E-state index is 11.7. The highest BCUT2D eigenvalue weighted by Crippen LogP contribution is 2.08. The molecule has 0 heterocycles. The van der Waals surface area contributed by atoms with E-state index in [-0.39, 0.29) is 19.6 Å². The number of hydrogen-bond acceptors (Lipinski definition) is 8. The van der Waals surface area contributed by atoms with Crippen molar-refractivity contribution in [2.45, 2.75) is 38.8 Å². The van der Waals surface area contributed by atoms with E-state index in [2.05, 4.69) is 13.7 Å². The molecule has 0 fully saturated rings. The molecule has 0 radical (unpaired) electrons. The molecule has 1 amide bonds. The fraction of sp³-hybridized carbons (Fsp3) is 0.909. The standard InChI is InChI=1S/C11H23NO8S2/c1-11(2,3)20-10(13)12-9(8-19-22(5,16)17)6-7-18-21(4,14)15/h9H,6-8H2,1-5H3,(H,12,13). The zero-order chi connectivity index (χ0) is 17.6. The third-order valence-electron chi connectivity index (χ3n) is 1.97. The van der Waals surface area contributed by atoms with Crippen molar-refractivity contribution in [1.29, 1.82) is 0 Å². The van der Waals surface area contributed by atoms with Gasteiger partial charge in [-0.2, -0.15) is 16.8 Å². The van der Waals surface area contributed by atoms with Crippen molar-refractivity contribution in [3.8, 4) is 0 Å². The summed E-state index contributed by atoms with van der Waals surface area (Å²) in [6.45, 7) is 4.42. The van der Waals surface area contributed by atoms with Gasteiger partial charge >= 0.3 is 6.09 Å². The van der Waals surface area contributed by atoms with E-state index in [1.807, 2.05) is 0 Å². The van der Waals surface area contributed by atoms with Gasteiger partial charge in [0.15, 0.2) is 0 Å². The van der Waals surface area contributed by atoms with Gasteiger partial charge in [0.25, 0.3) is 20.2 Å². The SMILES string of the molecule is CC(C)(C)OC(=O)NC(CCOS(C)(=O)=O)COS(C)(=O)=O. The van der Waals surface area contributed by atoms with Crippen molar-refractivity contribution in [3.05, 3.63) is 0 Å². The molecular weight excluding hydrogens is 338 g/mol. The minimum atomic E-state index is -3.69. The van der Waals surface area contributed by atoms with Gasteiger partial charge in [-0.1, -0.05) is 0 Å². The van der Waals surface area contributed by atoms with Crippen molar-refractivity contribution in [2.75, 3.05) is 25.7 Å². The number of alkyl carbamates (subject to hydrolysis) is 1. The lowest BCUT2D eigenvalue weighted by molar-refractivity contribution is 0.0481. The molecule has 0 rings (SSSR count). The molecule has 0 aliphatic heterocycles. The van der Waals surface area contributed by atoms with Crippen molar-refractivity contribution < 1.29 is 34.7 Å². The lowest BCUT2D eigenvalue weighted by atomic mass is 10.2. The third kappa shape index (κ3) is 14.0. The normalized spacial score (nSPS) is 14.4. The van der Waals surface area contributed by atoms with E-state index in [9.17, 15) is 21.6 Å².